The number of hydrogen-bond donors (Lipinski definition) is 1. The molecule has 0 saturated carbocycles. The van der Waals surface area contributed by atoms with Gasteiger partial charge >= 0.3 is 0 Å². The molecular weight excluding hydrogens is 336 g/mol. The second-order valence-electron chi connectivity index (χ2n) is 5.40. The normalized spacial score (nSPS) is 10.9. The molecule has 0 atom stereocenters. The summed E-state index contributed by atoms with van der Waals surface area (Å²) in [6.07, 6.45) is 1.40. The molecule has 0 fully saturated rings. The molecule has 1 aromatic heterocycles. The molecule has 0 aliphatic carbocycles. The van der Waals surface area contributed by atoms with Gasteiger partial charge in [0.25, 0.3) is 5.91 Å². The predicted octanol–water partition coefficient (Wildman–Crippen LogP) is 3.10. The summed E-state index contributed by atoms with van der Waals surface area (Å²) in [5, 5.41) is 13.7. The van der Waals surface area contributed by atoms with Crippen LogP contribution >= 0.6 is 11.3 Å². The Morgan fingerprint density at radius 2 is 1.96 bits per heavy atom. The molecule has 7 heteroatoms. The molecule has 0 aliphatic rings. The third-order valence-corrected chi connectivity index (χ3v) is 4.41. The summed E-state index contributed by atoms with van der Waals surface area (Å²) in [6.45, 7) is 5.35. The van der Waals surface area contributed by atoms with E-state index in [1.807, 2.05) is 38.1 Å². The fourth-order valence-electron chi connectivity index (χ4n) is 2.42. The smallest absolute Gasteiger partial charge is 0.261 e. The fourth-order valence-corrected chi connectivity index (χ4v) is 3.25. The van der Waals surface area contributed by atoms with Gasteiger partial charge in [-0.3, -0.25) is 14.5 Å². The lowest BCUT2D eigenvalue weighted by Gasteiger charge is -2.22. The monoisotopic (exact) mass is 354 g/mol. The zero-order chi connectivity index (χ0) is 18.6. The molecule has 1 N–H and O–H groups in total. The lowest BCUT2D eigenvalue weighted by molar-refractivity contribution is -0.117. The van der Waals surface area contributed by atoms with Crippen LogP contribution in [0.1, 0.15) is 23.7 Å². The standard InChI is InChI=1S/C18H18N4O2S/c1-11-6-5-7-12(2)16(11)22(13(3)23)18-21-15(10-25-18)8-14(9-19)17(24)20-4/h5-8,10H,1-4H3,(H,20,24)/b14-8+. The third-order valence-electron chi connectivity index (χ3n) is 3.56. The molecular formula is C18H18N4O2S. The summed E-state index contributed by atoms with van der Waals surface area (Å²) < 4.78 is 0. The number of aryl methyl sites for hydroxylation is 2. The van der Waals surface area contributed by atoms with Crippen molar-refractivity contribution >= 4 is 40.0 Å². The maximum absolute atomic E-state index is 12.3. The summed E-state index contributed by atoms with van der Waals surface area (Å²) in [7, 11) is 1.46. The van der Waals surface area contributed by atoms with E-state index in [2.05, 4.69) is 10.3 Å². The number of thiazole rings is 1. The molecule has 128 valence electrons. The minimum atomic E-state index is -0.477. The van der Waals surface area contributed by atoms with E-state index in [9.17, 15) is 9.59 Å². The van der Waals surface area contributed by atoms with Gasteiger partial charge in [-0.15, -0.1) is 11.3 Å². The van der Waals surface area contributed by atoms with Crippen LogP contribution in [0.25, 0.3) is 6.08 Å². The van der Waals surface area contributed by atoms with Crippen molar-refractivity contribution in [1.82, 2.24) is 10.3 Å². The maximum Gasteiger partial charge on any atom is 0.261 e. The number of rotatable bonds is 4. The molecule has 0 saturated heterocycles. The summed E-state index contributed by atoms with van der Waals surface area (Å²) >= 11 is 1.28. The van der Waals surface area contributed by atoms with Gasteiger partial charge in [0.05, 0.1) is 11.4 Å². The second kappa shape index (κ2) is 7.73. The van der Waals surface area contributed by atoms with Crippen molar-refractivity contribution in [3.63, 3.8) is 0 Å². The van der Waals surface area contributed by atoms with Crippen molar-refractivity contribution < 1.29 is 9.59 Å². The highest BCUT2D eigenvalue weighted by Gasteiger charge is 2.21. The number of carbonyl (C=O) groups is 2. The van der Waals surface area contributed by atoms with Crippen LogP contribution in [0.15, 0.2) is 29.2 Å². The quantitative estimate of drug-likeness (QED) is 0.675. The van der Waals surface area contributed by atoms with Crippen LogP contribution in [0.5, 0.6) is 0 Å². The molecule has 25 heavy (non-hydrogen) atoms. The van der Waals surface area contributed by atoms with Crippen molar-refractivity contribution in [3.05, 3.63) is 46.0 Å². The maximum atomic E-state index is 12.3. The van der Waals surface area contributed by atoms with E-state index in [1.54, 1.807) is 10.3 Å². The molecule has 1 aromatic carbocycles. The third kappa shape index (κ3) is 3.92. The Morgan fingerprint density at radius 3 is 2.48 bits per heavy atom. The number of amides is 2. The zero-order valence-electron chi connectivity index (χ0n) is 14.5. The van der Waals surface area contributed by atoms with E-state index >= 15 is 0 Å². The average Bonchev–Trinajstić information content (AvgIpc) is 3.03. The summed E-state index contributed by atoms with van der Waals surface area (Å²) in [5.41, 5.74) is 3.14. The van der Waals surface area contributed by atoms with Crippen molar-refractivity contribution in [2.24, 2.45) is 0 Å². The lowest BCUT2D eigenvalue weighted by Crippen LogP contribution is -2.24. The van der Waals surface area contributed by atoms with Crippen molar-refractivity contribution in [2.75, 3.05) is 11.9 Å². The Hall–Kier alpha value is -2.98. The molecule has 0 aliphatic heterocycles. The van der Waals surface area contributed by atoms with Crippen LogP contribution < -0.4 is 10.2 Å². The van der Waals surface area contributed by atoms with Gasteiger partial charge in [0.2, 0.25) is 5.91 Å². The number of nitriles is 1. The topological polar surface area (TPSA) is 86.1 Å². The minimum Gasteiger partial charge on any atom is -0.354 e. The molecule has 6 nitrogen and oxygen atoms in total. The fraction of sp³-hybridized carbons (Fsp3) is 0.222. The molecule has 0 bridgehead atoms. The van der Waals surface area contributed by atoms with Crippen molar-refractivity contribution in [3.8, 4) is 6.07 Å². The van der Waals surface area contributed by atoms with Gasteiger partial charge < -0.3 is 5.32 Å². The first-order valence-corrected chi connectivity index (χ1v) is 8.43. The van der Waals surface area contributed by atoms with Gasteiger partial charge in [-0.05, 0) is 31.1 Å². The van der Waals surface area contributed by atoms with Gasteiger partial charge in [0.15, 0.2) is 5.13 Å². The van der Waals surface area contributed by atoms with Gasteiger partial charge in [-0.1, -0.05) is 18.2 Å². The van der Waals surface area contributed by atoms with E-state index in [1.165, 1.54) is 31.4 Å². The van der Waals surface area contributed by atoms with Crippen molar-refractivity contribution in [1.29, 1.82) is 5.26 Å². The summed E-state index contributed by atoms with van der Waals surface area (Å²) in [6, 6.07) is 7.65. The van der Waals surface area contributed by atoms with Gasteiger partial charge in [0, 0.05) is 19.4 Å². The number of nitrogens with one attached hydrogen (secondary N) is 1. The molecule has 1 heterocycles. The Labute approximate surface area is 150 Å². The number of benzene rings is 1. The Kier molecular flexibility index (Phi) is 5.67. The van der Waals surface area contributed by atoms with E-state index in [0.717, 1.165) is 16.8 Å². The Bertz CT molecular complexity index is 872. The number of likely N-dealkylation sites (N-methyl/N-ethyl adjacent to an activating group) is 1. The van der Waals surface area contributed by atoms with E-state index in [4.69, 9.17) is 5.26 Å². The molecule has 0 unspecified atom stereocenters. The van der Waals surface area contributed by atoms with Crippen molar-refractivity contribution in [2.45, 2.75) is 20.8 Å². The first-order valence-electron chi connectivity index (χ1n) is 7.55. The zero-order valence-corrected chi connectivity index (χ0v) is 15.3. The lowest BCUT2D eigenvalue weighted by atomic mass is 10.1. The van der Waals surface area contributed by atoms with E-state index in [-0.39, 0.29) is 11.5 Å². The van der Waals surface area contributed by atoms with E-state index in [0.29, 0.717) is 10.8 Å². The summed E-state index contributed by atoms with van der Waals surface area (Å²) in [5.74, 6) is -0.635. The highest BCUT2D eigenvalue weighted by Crippen LogP contribution is 2.34. The molecule has 2 amide bonds. The SMILES string of the molecule is CNC(=O)/C(C#N)=C/c1csc(N(C(C)=O)c2c(C)cccc2C)n1. The summed E-state index contributed by atoms with van der Waals surface area (Å²) in [4.78, 5) is 29.8. The number of aromatic nitrogens is 1. The number of anilines is 2. The molecule has 2 aromatic rings. The number of nitrogens with zero attached hydrogens (tertiary/aromatic N) is 3. The second-order valence-corrected chi connectivity index (χ2v) is 6.24. The Balaban J connectivity index is 2.49. The first kappa shape index (κ1) is 18.4. The van der Waals surface area contributed by atoms with Crippen LogP contribution in [0.2, 0.25) is 0 Å². The average molecular weight is 354 g/mol. The predicted molar refractivity (Wildman–Crippen MR) is 98.5 cm³/mol. The van der Waals surface area contributed by atoms with Gasteiger partial charge in [0.1, 0.15) is 11.6 Å². The van der Waals surface area contributed by atoms with Crippen LogP contribution in [0, 0.1) is 25.2 Å². The molecule has 0 spiro atoms. The number of hydrogen-bond acceptors (Lipinski definition) is 5. The number of para-hydroxylation sites is 1. The van der Waals surface area contributed by atoms with Crippen LogP contribution in [0.3, 0.4) is 0 Å². The van der Waals surface area contributed by atoms with Crippen LogP contribution in [0.4, 0.5) is 10.8 Å². The molecule has 2 rings (SSSR count). The van der Waals surface area contributed by atoms with Crippen LogP contribution in [-0.4, -0.2) is 23.8 Å². The minimum absolute atomic E-state index is 0.0409. The van der Waals surface area contributed by atoms with Crippen LogP contribution in [-0.2, 0) is 9.59 Å². The van der Waals surface area contributed by atoms with Gasteiger partial charge in [-0.25, -0.2) is 4.98 Å². The Morgan fingerprint density at radius 1 is 1.32 bits per heavy atom. The highest BCUT2D eigenvalue weighted by atomic mass is 32.1. The number of carbonyl (C=O) groups excluding carboxylic acids is 2. The first-order chi connectivity index (χ1) is 11.9. The highest BCUT2D eigenvalue weighted by molar-refractivity contribution is 7.14. The van der Waals surface area contributed by atoms with E-state index < -0.39 is 5.91 Å². The molecule has 0 radical (unpaired) electrons. The largest absolute Gasteiger partial charge is 0.354 e. The van der Waals surface area contributed by atoms with Gasteiger partial charge in [-0.2, -0.15) is 5.26 Å².